The Morgan fingerprint density at radius 3 is 2.60 bits per heavy atom. The number of ether oxygens (including phenoxy) is 1. The van der Waals surface area contributed by atoms with Crippen LogP contribution in [0.3, 0.4) is 0 Å². The number of hydrogen-bond donors (Lipinski definition) is 0. The highest BCUT2D eigenvalue weighted by molar-refractivity contribution is 5.89. The summed E-state index contributed by atoms with van der Waals surface area (Å²) in [5, 5.41) is 0. The Morgan fingerprint density at radius 1 is 1.40 bits per heavy atom. The van der Waals surface area contributed by atoms with E-state index in [9.17, 15) is 4.79 Å². The van der Waals surface area contributed by atoms with Gasteiger partial charge < -0.3 is 4.74 Å². The molecule has 0 radical (unpaired) electrons. The molecule has 0 atom stereocenters. The van der Waals surface area contributed by atoms with Gasteiger partial charge >= 0.3 is 5.97 Å². The summed E-state index contributed by atoms with van der Waals surface area (Å²) in [5.41, 5.74) is 0.858. The lowest BCUT2D eigenvalue weighted by molar-refractivity contribution is -0.138. The highest BCUT2D eigenvalue weighted by Crippen LogP contribution is 2.30. The van der Waals surface area contributed by atoms with Crippen LogP contribution in [0.4, 0.5) is 0 Å². The van der Waals surface area contributed by atoms with Crippen molar-refractivity contribution in [3.8, 4) is 0 Å². The molecule has 0 N–H and O–H groups in total. The van der Waals surface area contributed by atoms with Crippen molar-refractivity contribution in [1.82, 2.24) is 0 Å². The van der Waals surface area contributed by atoms with Gasteiger partial charge in [-0.2, -0.15) is 0 Å². The molecule has 0 aliphatic heterocycles. The summed E-state index contributed by atoms with van der Waals surface area (Å²) in [6.45, 7) is 5.76. The van der Waals surface area contributed by atoms with Crippen molar-refractivity contribution < 1.29 is 9.53 Å². The Morgan fingerprint density at radius 2 is 2.07 bits per heavy atom. The van der Waals surface area contributed by atoms with Gasteiger partial charge in [-0.05, 0) is 25.7 Å². The maximum absolute atomic E-state index is 11.7. The molecular weight excluding hydrogens is 188 g/mol. The van der Waals surface area contributed by atoms with Gasteiger partial charge in [0.15, 0.2) is 0 Å². The first-order valence-corrected chi connectivity index (χ1v) is 5.73. The zero-order chi connectivity index (χ0) is 11.1. The molecule has 2 heteroatoms. The molecule has 0 aromatic carbocycles. The Labute approximate surface area is 92.0 Å². The second-order valence-electron chi connectivity index (χ2n) is 3.97. The molecule has 0 spiro atoms. The fourth-order valence-electron chi connectivity index (χ4n) is 2.15. The zero-order valence-electron chi connectivity index (χ0n) is 9.50. The summed E-state index contributed by atoms with van der Waals surface area (Å²) in [7, 11) is 0. The number of carbonyl (C=O) groups is 1. The highest BCUT2D eigenvalue weighted by atomic mass is 16.5. The zero-order valence-corrected chi connectivity index (χ0v) is 9.50. The molecule has 0 saturated heterocycles. The van der Waals surface area contributed by atoms with Crippen molar-refractivity contribution in [3.63, 3.8) is 0 Å². The predicted molar refractivity (Wildman–Crippen MR) is 61.5 cm³/mol. The Bertz CT molecular complexity index is 247. The first-order chi connectivity index (χ1) is 7.29. The largest absolute Gasteiger partial charge is 0.458 e. The van der Waals surface area contributed by atoms with E-state index in [0.717, 1.165) is 18.4 Å². The normalized spacial score (nSPS) is 18.6. The molecule has 1 saturated carbocycles. The van der Waals surface area contributed by atoms with E-state index in [0.29, 0.717) is 12.5 Å². The summed E-state index contributed by atoms with van der Waals surface area (Å²) >= 11 is 0. The second kappa shape index (κ2) is 6.44. The first-order valence-electron chi connectivity index (χ1n) is 5.73. The third kappa shape index (κ3) is 3.54. The topological polar surface area (TPSA) is 26.3 Å². The summed E-state index contributed by atoms with van der Waals surface area (Å²) in [6, 6.07) is 0. The molecule has 1 rings (SSSR count). The Hall–Kier alpha value is -1.05. The van der Waals surface area contributed by atoms with Crippen molar-refractivity contribution in [3.05, 3.63) is 24.3 Å². The first kappa shape index (κ1) is 12.0. The van der Waals surface area contributed by atoms with Crippen LogP contribution >= 0.6 is 0 Å². The molecule has 1 fully saturated rings. The SMILES string of the molecule is C=CCOC(=O)/C(=C/C)C1CCCCC1. The van der Waals surface area contributed by atoms with E-state index < -0.39 is 0 Å². The molecule has 1 aliphatic carbocycles. The minimum Gasteiger partial charge on any atom is -0.458 e. The van der Waals surface area contributed by atoms with Crippen molar-refractivity contribution in [2.75, 3.05) is 6.61 Å². The number of esters is 1. The average Bonchev–Trinajstić information content (AvgIpc) is 2.29. The van der Waals surface area contributed by atoms with E-state index in [4.69, 9.17) is 4.74 Å². The third-order valence-corrected chi connectivity index (χ3v) is 2.92. The molecule has 2 nitrogen and oxygen atoms in total. The van der Waals surface area contributed by atoms with Crippen LogP contribution in [-0.4, -0.2) is 12.6 Å². The van der Waals surface area contributed by atoms with Crippen molar-refractivity contribution in [2.24, 2.45) is 5.92 Å². The maximum atomic E-state index is 11.7. The van der Waals surface area contributed by atoms with Crippen LogP contribution in [0, 0.1) is 5.92 Å². The average molecular weight is 208 g/mol. The van der Waals surface area contributed by atoms with Crippen molar-refractivity contribution >= 4 is 5.97 Å². The van der Waals surface area contributed by atoms with Crippen LogP contribution in [-0.2, 0) is 9.53 Å². The van der Waals surface area contributed by atoms with E-state index in [-0.39, 0.29) is 5.97 Å². The summed E-state index contributed by atoms with van der Waals surface area (Å²) in [6.07, 6.45) is 9.53. The lowest BCUT2D eigenvalue weighted by Gasteiger charge is -2.23. The molecule has 0 bridgehead atoms. The molecule has 84 valence electrons. The van der Waals surface area contributed by atoms with E-state index >= 15 is 0 Å². The van der Waals surface area contributed by atoms with Gasteiger partial charge in [-0.15, -0.1) is 0 Å². The summed E-state index contributed by atoms with van der Waals surface area (Å²) in [5.74, 6) is 0.255. The number of hydrogen-bond acceptors (Lipinski definition) is 2. The molecule has 0 aromatic rings. The summed E-state index contributed by atoms with van der Waals surface area (Å²) < 4.78 is 5.07. The van der Waals surface area contributed by atoms with Crippen LogP contribution in [0.2, 0.25) is 0 Å². The van der Waals surface area contributed by atoms with Gasteiger partial charge in [-0.3, -0.25) is 0 Å². The van der Waals surface area contributed by atoms with E-state index in [1.807, 2.05) is 13.0 Å². The van der Waals surface area contributed by atoms with Crippen molar-refractivity contribution in [2.45, 2.75) is 39.0 Å². The molecule has 0 heterocycles. The van der Waals surface area contributed by atoms with Crippen LogP contribution in [0.15, 0.2) is 24.3 Å². The quantitative estimate of drug-likeness (QED) is 0.403. The predicted octanol–water partition coefficient (Wildman–Crippen LogP) is 3.24. The van der Waals surface area contributed by atoms with Crippen LogP contribution in [0.25, 0.3) is 0 Å². The lowest BCUT2D eigenvalue weighted by atomic mass is 9.83. The fourth-order valence-corrected chi connectivity index (χ4v) is 2.15. The summed E-state index contributed by atoms with van der Waals surface area (Å²) in [4.78, 5) is 11.7. The van der Waals surface area contributed by atoms with Crippen molar-refractivity contribution in [1.29, 1.82) is 0 Å². The number of rotatable bonds is 4. The highest BCUT2D eigenvalue weighted by Gasteiger charge is 2.22. The van der Waals surface area contributed by atoms with Gasteiger partial charge in [0.05, 0.1) is 0 Å². The van der Waals surface area contributed by atoms with Crippen LogP contribution < -0.4 is 0 Å². The molecule has 1 aliphatic rings. The van der Waals surface area contributed by atoms with Crippen LogP contribution in [0.5, 0.6) is 0 Å². The van der Waals surface area contributed by atoms with E-state index in [2.05, 4.69) is 6.58 Å². The molecule has 15 heavy (non-hydrogen) atoms. The van der Waals surface area contributed by atoms with E-state index in [1.165, 1.54) is 19.3 Å². The van der Waals surface area contributed by atoms with Gasteiger partial charge in [-0.25, -0.2) is 4.79 Å². The fraction of sp³-hybridized carbons (Fsp3) is 0.615. The maximum Gasteiger partial charge on any atom is 0.334 e. The van der Waals surface area contributed by atoms with E-state index in [1.54, 1.807) is 6.08 Å². The van der Waals surface area contributed by atoms with Gasteiger partial charge in [0.1, 0.15) is 6.61 Å². The number of carbonyl (C=O) groups excluding carboxylic acids is 1. The molecule has 0 aromatic heterocycles. The Balaban J connectivity index is 2.53. The second-order valence-corrected chi connectivity index (χ2v) is 3.97. The molecule has 0 amide bonds. The minimum absolute atomic E-state index is 0.163. The van der Waals surface area contributed by atoms with Crippen LogP contribution in [0.1, 0.15) is 39.0 Å². The minimum atomic E-state index is -0.163. The third-order valence-electron chi connectivity index (χ3n) is 2.92. The van der Waals surface area contributed by atoms with Gasteiger partial charge in [0.2, 0.25) is 0 Å². The lowest BCUT2D eigenvalue weighted by Crippen LogP contribution is -2.18. The van der Waals surface area contributed by atoms with Gasteiger partial charge in [0, 0.05) is 5.57 Å². The smallest absolute Gasteiger partial charge is 0.334 e. The molecular formula is C13H20O2. The van der Waals surface area contributed by atoms with Gasteiger partial charge in [-0.1, -0.05) is 38.0 Å². The standard InChI is InChI=1S/C13H20O2/c1-3-10-15-13(14)12(4-2)11-8-6-5-7-9-11/h3-4,11H,1,5-10H2,2H3/b12-4+. The monoisotopic (exact) mass is 208 g/mol. The number of allylic oxidation sites excluding steroid dienone is 1. The molecule has 0 unspecified atom stereocenters. The Kier molecular flexibility index (Phi) is 5.16. The van der Waals surface area contributed by atoms with Gasteiger partial charge in [0.25, 0.3) is 0 Å².